The molecule has 1 amide bonds. The van der Waals surface area contributed by atoms with Gasteiger partial charge >= 0.3 is 5.97 Å². The Kier molecular flexibility index (Phi) is 6.87. The van der Waals surface area contributed by atoms with Crippen LogP contribution in [0.2, 0.25) is 0 Å². The molecule has 0 bridgehead atoms. The van der Waals surface area contributed by atoms with Gasteiger partial charge in [0, 0.05) is 24.1 Å². The van der Waals surface area contributed by atoms with Crippen LogP contribution in [0.1, 0.15) is 19.4 Å². The zero-order valence-corrected chi connectivity index (χ0v) is 15.0. The molecular formula is C18H23NO4S. The Bertz CT molecular complexity index is 590. The van der Waals surface area contributed by atoms with Gasteiger partial charge in [0.25, 0.3) is 5.91 Å². The van der Waals surface area contributed by atoms with E-state index >= 15 is 0 Å². The maximum absolute atomic E-state index is 12.1. The minimum Gasteiger partial charge on any atom is -0.452 e. The van der Waals surface area contributed by atoms with Gasteiger partial charge in [-0.1, -0.05) is 12.1 Å². The molecule has 1 aliphatic heterocycles. The quantitative estimate of drug-likeness (QED) is 0.465. The molecule has 5 nitrogen and oxygen atoms in total. The van der Waals surface area contributed by atoms with Crippen molar-refractivity contribution in [2.45, 2.75) is 31.0 Å². The van der Waals surface area contributed by atoms with Crippen molar-refractivity contribution in [3.63, 3.8) is 0 Å². The van der Waals surface area contributed by atoms with E-state index in [9.17, 15) is 9.59 Å². The number of thioether (sulfide) groups is 1. The SMILES string of the molecule is CSc1ccc(/C=C/C(=O)OCC(=O)N2C[C@@H](C)O[C@H](C)C2)cc1. The lowest BCUT2D eigenvalue weighted by Crippen LogP contribution is -2.49. The first-order valence-electron chi connectivity index (χ1n) is 7.90. The topological polar surface area (TPSA) is 55.8 Å². The Labute approximate surface area is 147 Å². The number of nitrogens with zero attached hydrogens (tertiary/aromatic N) is 1. The van der Waals surface area contributed by atoms with Crippen molar-refractivity contribution < 1.29 is 19.1 Å². The number of ether oxygens (including phenoxy) is 2. The molecule has 1 aromatic rings. The number of carbonyl (C=O) groups excluding carboxylic acids is 2. The first-order chi connectivity index (χ1) is 11.5. The van der Waals surface area contributed by atoms with Gasteiger partial charge in [-0.15, -0.1) is 11.8 Å². The zero-order valence-electron chi connectivity index (χ0n) is 14.2. The predicted molar refractivity (Wildman–Crippen MR) is 94.8 cm³/mol. The second-order valence-corrected chi connectivity index (χ2v) is 6.65. The number of benzene rings is 1. The third-order valence-electron chi connectivity index (χ3n) is 3.64. The van der Waals surface area contributed by atoms with Crippen LogP contribution in [0.4, 0.5) is 0 Å². The van der Waals surface area contributed by atoms with Crippen LogP contribution in [0, 0.1) is 0 Å². The van der Waals surface area contributed by atoms with E-state index < -0.39 is 5.97 Å². The van der Waals surface area contributed by atoms with Gasteiger partial charge in [-0.2, -0.15) is 0 Å². The molecule has 2 atom stereocenters. The van der Waals surface area contributed by atoms with E-state index in [1.54, 1.807) is 22.7 Å². The summed E-state index contributed by atoms with van der Waals surface area (Å²) in [7, 11) is 0. The average Bonchev–Trinajstić information content (AvgIpc) is 2.57. The Morgan fingerprint density at radius 1 is 1.25 bits per heavy atom. The normalized spacial score (nSPS) is 21.0. The minimum absolute atomic E-state index is 0.00227. The summed E-state index contributed by atoms with van der Waals surface area (Å²) in [6.07, 6.45) is 5.02. The highest BCUT2D eigenvalue weighted by molar-refractivity contribution is 7.98. The first kappa shape index (κ1) is 18.5. The molecule has 0 saturated carbocycles. The van der Waals surface area contributed by atoms with Crippen molar-refractivity contribution in [2.75, 3.05) is 26.0 Å². The van der Waals surface area contributed by atoms with Crippen molar-refractivity contribution in [3.05, 3.63) is 35.9 Å². The molecule has 2 rings (SSSR count). The monoisotopic (exact) mass is 349 g/mol. The Balaban J connectivity index is 1.79. The van der Waals surface area contributed by atoms with Crippen LogP contribution < -0.4 is 0 Å². The highest BCUT2D eigenvalue weighted by Gasteiger charge is 2.26. The molecular weight excluding hydrogens is 326 g/mol. The summed E-state index contributed by atoms with van der Waals surface area (Å²) in [4.78, 5) is 26.7. The second kappa shape index (κ2) is 8.89. The van der Waals surface area contributed by atoms with Gasteiger partial charge in [0.15, 0.2) is 6.61 Å². The number of esters is 1. The van der Waals surface area contributed by atoms with Crippen LogP contribution >= 0.6 is 11.8 Å². The summed E-state index contributed by atoms with van der Waals surface area (Å²) in [6.45, 7) is 4.66. The van der Waals surface area contributed by atoms with Crippen molar-refractivity contribution in [2.24, 2.45) is 0 Å². The van der Waals surface area contributed by atoms with Crippen LogP contribution in [-0.2, 0) is 19.1 Å². The zero-order chi connectivity index (χ0) is 17.5. The standard InChI is InChI=1S/C18H23NO4S/c1-13-10-19(11-14(2)23-13)17(20)12-22-18(21)9-6-15-4-7-16(24-3)8-5-15/h4-9,13-14H,10-12H2,1-3H3/b9-6+/t13-,14-/m1/s1. The molecule has 130 valence electrons. The lowest BCUT2D eigenvalue weighted by molar-refractivity contribution is -0.154. The number of rotatable bonds is 5. The molecule has 0 unspecified atom stereocenters. The van der Waals surface area contributed by atoms with E-state index in [4.69, 9.17) is 9.47 Å². The summed E-state index contributed by atoms with van der Waals surface area (Å²) in [5.74, 6) is -0.713. The Morgan fingerprint density at radius 2 is 1.88 bits per heavy atom. The fraction of sp³-hybridized carbons (Fsp3) is 0.444. The molecule has 0 radical (unpaired) electrons. The van der Waals surface area contributed by atoms with E-state index in [-0.39, 0.29) is 24.7 Å². The van der Waals surface area contributed by atoms with Crippen molar-refractivity contribution >= 4 is 29.7 Å². The fourth-order valence-electron chi connectivity index (χ4n) is 2.53. The van der Waals surface area contributed by atoms with Crippen LogP contribution in [0.25, 0.3) is 6.08 Å². The van der Waals surface area contributed by atoms with E-state index in [1.165, 1.54) is 6.08 Å². The van der Waals surface area contributed by atoms with Crippen LogP contribution in [0.15, 0.2) is 35.2 Å². The van der Waals surface area contributed by atoms with Crippen molar-refractivity contribution in [3.8, 4) is 0 Å². The van der Waals surface area contributed by atoms with E-state index in [0.717, 1.165) is 10.5 Å². The van der Waals surface area contributed by atoms with E-state index in [1.807, 2.05) is 44.4 Å². The number of morpholine rings is 1. The number of hydrogen-bond acceptors (Lipinski definition) is 5. The van der Waals surface area contributed by atoms with E-state index in [2.05, 4.69) is 0 Å². The minimum atomic E-state index is -0.522. The summed E-state index contributed by atoms with van der Waals surface area (Å²) in [5.41, 5.74) is 0.909. The van der Waals surface area contributed by atoms with Gasteiger partial charge in [-0.3, -0.25) is 4.79 Å². The van der Waals surface area contributed by atoms with Gasteiger partial charge < -0.3 is 14.4 Å². The van der Waals surface area contributed by atoms with Crippen LogP contribution in [0.3, 0.4) is 0 Å². The summed E-state index contributed by atoms with van der Waals surface area (Å²) >= 11 is 1.66. The first-order valence-corrected chi connectivity index (χ1v) is 9.12. The lowest BCUT2D eigenvalue weighted by atomic mass is 10.2. The molecule has 1 aliphatic rings. The molecule has 1 fully saturated rings. The van der Waals surface area contributed by atoms with E-state index in [0.29, 0.717) is 13.1 Å². The predicted octanol–water partition coefficient (Wildman–Crippen LogP) is 2.60. The third-order valence-corrected chi connectivity index (χ3v) is 4.38. The van der Waals surface area contributed by atoms with Gasteiger partial charge in [-0.05, 0) is 43.9 Å². The summed E-state index contributed by atoms with van der Waals surface area (Å²) in [5, 5.41) is 0. The number of hydrogen-bond donors (Lipinski definition) is 0. The maximum atomic E-state index is 12.1. The summed E-state index contributed by atoms with van der Waals surface area (Å²) < 4.78 is 10.6. The second-order valence-electron chi connectivity index (χ2n) is 5.77. The Morgan fingerprint density at radius 3 is 2.46 bits per heavy atom. The molecule has 0 N–H and O–H groups in total. The number of carbonyl (C=O) groups is 2. The largest absolute Gasteiger partial charge is 0.452 e. The molecule has 1 aromatic carbocycles. The molecule has 0 aliphatic carbocycles. The highest BCUT2D eigenvalue weighted by Crippen LogP contribution is 2.15. The van der Waals surface area contributed by atoms with Crippen LogP contribution in [-0.4, -0.2) is 54.9 Å². The van der Waals surface area contributed by atoms with Crippen molar-refractivity contribution in [1.82, 2.24) is 4.90 Å². The number of amides is 1. The lowest BCUT2D eigenvalue weighted by Gasteiger charge is -2.35. The maximum Gasteiger partial charge on any atom is 0.331 e. The third kappa shape index (κ3) is 5.69. The van der Waals surface area contributed by atoms with Gasteiger partial charge in [0.2, 0.25) is 0 Å². The van der Waals surface area contributed by atoms with Crippen molar-refractivity contribution in [1.29, 1.82) is 0 Å². The highest BCUT2D eigenvalue weighted by atomic mass is 32.2. The van der Waals surface area contributed by atoms with Gasteiger partial charge in [-0.25, -0.2) is 4.79 Å². The Hall–Kier alpha value is -1.79. The smallest absolute Gasteiger partial charge is 0.331 e. The van der Waals surface area contributed by atoms with Gasteiger partial charge in [0.05, 0.1) is 12.2 Å². The fourth-order valence-corrected chi connectivity index (χ4v) is 2.94. The molecule has 24 heavy (non-hydrogen) atoms. The molecule has 1 heterocycles. The average molecular weight is 349 g/mol. The molecule has 1 saturated heterocycles. The molecule has 0 aromatic heterocycles. The molecule has 0 spiro atoms. The van der Waals surface area contributed by atoms with Gasteiger partial charge in [0.1, 0.15) is 0 Å². The molecule has 6 heteroatoms. The summed E-state index contributed by atoms with van der Waals surface area (Å²) in [6, 6.07) is 7.83. The van der Waals surface area contributed by atoms with Crippen LogP contribution in [0.5, 0.6) is 0 Å².